The lowest BCUT2D eigenvalue weighted by molar-refractivity contribution is 0.0828. The molecular formula is C21H24N6O. The van der Waals surface area contributed by atoms with Gasteiger partial charge in [0.2, 0.25) is 0 Å². The topological polar surface area (TPSA) is 113 Å². The Morgan fingerprint density at radius 2 is 2.04 bits per heavy atom. The molecule has 0 atom stereocenters. The number of nitrogen functional groups attached to an aromatic ring is 1. The summed E-state index contributed by atoms with van der Waals surface area (Å²) in [5, 5.41) is 0.931. The number of hydrogen-bond donors (Lipinski definition) is 3. The fraction of sp³-hybridized carbons (Fsp3) is 0.190. The highest BCUT2D eigenvalue weighted by atomic mass is 16.2. The Morgan fingerprint density at radius 3 is 2.71 bits per heavy atom. The van der Waals surface area contributed by atoms with Crippen LogP contribution in [-0.4, -0.2) is 47.1 Å². The molecule has 144 valence electrons. The maximum atomic E-state index is 12.4. The minimum atomic E-state index is -0.138. The Kier molecular flexibility index (Phi) is 5.44. The Bertz CT molecular complexity index is 1080. The highest BCUT2D eigenvalue weighted by molar-refractivity contribution is 6.16. The number of anilines is 1. The van der Waals surface area contributed by atoms with Crippen molar-refractivity contribution in [1.82, 2.24) is 14.9 Å². The first-order valence-electron chi connectivity index (χ1n) is 8.98. The summed E-state index contributed by atoms with van der Waals surface area (Å²) in [4.78, 5) is 26.1. The number of rotatable bonds is 5. The molecule has 0 aliphatic carbocycles. The summed E-state index contributed by atoms with van der Waals surface area (Å²) < 4.78 is 0. The van der Waals surface area contributed by atoms with Crippen molar-refractivity contribution in [2.75, 3.05) is 26.4 Å². The second kappa shape index (κ2) is 7.96. The van der Waals surface area contributed by atoms with Gasteiger partial charge >= 0.3 is 0 Å². The van der Waals surface area contributed by atoms with Crippen LogP contribution in [-0.2, 0) is 0 Å². The maximum absolute atomic E-state index is 12.4. The van der Waals surface area contributed by atoms with Crippen molar-refractivity contribution in [3.05, 3.63) is 60.1 Å². The normalized spacial score (nSPS) is 12.0. The average Bonchev–Trinajstić information content (AvgIpc) is 3.10. The van der Waals surface area contributed by atoms with Gasteiger partial charge in [-0.25, -0.2) is 4.98 Å². The fourth-order valence-corrected chi connectivity index (χ4v) is 3.02. The molecule has 2 heterocycles. The average molecular weight is 376 g/mol. The van der Waals surface area contributed by atoms with Crippen molar-refractivity contribution in [1.29, 1.82) is 0 Å². The molecule has 7 nitrogen and oxygen atoms in total. The molecule has 0 fully saturated rings. The Morgan fingerprint density at radius 1 is 1.25 bits per heavy atom. The van der Waals surface area contributed by atoms with Gasteiger partial charge < -0.3 is 21.4 Å². The number of nitrogens with two attached hydrogens (primary N) is 2. The Hall–Kier alpha value is -3.61. The van der Waals surface area contributed by atoms with Crippen LogP contribution in [0, 0.1) is 0 Å². The van der Waals surface area contributed by atoms with E-state index >= 15 is 0 Å². The largest absolute Gasteiger partial charge is 0.405 e. The number of pyridine rings is 1. The number of fused-ring (bicyclic) bond motifs is 1. The summed E-state index contributed by atoms with van der Waals surface area (Å²) >= 11 is 0. The first-order chi connectivity index (χ1) is 13.5. The number of aromatic amines is 1. The summed E-state index contributed by atoms with van der Waals surface area (Å²) in [7, 11) is 3.40. The van der Waals surface area contributed by atoms with Gasteiger partial charge in [0.25, 0.3) is 5.91 Å². The number of aromatic nitrogens is 2. The number of benzene rings is 1. The number of aliphatic imine (C=N–C) groups is 1. The van der Waals surface area contributed by atoms with Gasteiger partial charge in [0.15, 0.2) is 0 Å². The SMILES string of the molecule is CCN=C(/C=C\N)c1c[nH]c2ncc(-c3ccc(N)c(C(=O)N(C)C)c3)cc12. The molecule has 0 unspecified atom stereocenters. The van der Waals surface area contributed by atoms with E-state index in [0.29, 0.717) is 17.8 Å². The van der Waals surface area contributed by atoms with Crippen LogP contribution in [0.15, 0.2) is 53.9 Å². The van der Waals surface area contributed by atoms with Crippen LogP contribution in [0.3, 0.4) is 0 Å². The molecule has 0 aliphatic rings. The molecule has 3 rings (SSSR count). The van der Waals surface area contributed by atoms with Gasteiger partial charge in [-0.2, -0.15) is 0 Å². The molecule has 0 radical (unpaired) electrons. The smallest absolute Gasteiger partial charge is 0.255 e. The molecule has 0 saturated carbocycles. The molecular weight excluding hydrogens is 352 g/mol. The second-order valence-corrected chi connectivity index (χ2v) is 6.54. The number of allylic oxidation sites excluding steroid dienone is 1. The van der Waals surface area contributed by atoms with Crippen molar-refractivity contribution in [2.24, 2.45) is 10.7 Å². The van der Waals surface area contributed by atoms with Gasteiger partial charge in [0, 0.05) is 55.2 Å². The van der Waals surface area contributed by atoms with E-state index in [1.54, 1.807) is 38.5 Å². The molecule has 0 saturated heterocycles. The van der Waals surface area contributed by atoms with E-state index in [1.807, 2.05) is 25.3 Å². The first kappa shape index (κ1) is 19.2. The van der Waals surface area contributed by atoms with E-state index in [1.165, 1.54) is 11.1 Å². The van der Waals surface area contributed by atoms with Crippen LogP contribution >= 0.6 is 0 Å². The van der Waals surface area contributed by atoms with Gasteiger partial charge in [-0.1, -0.05) is 6.07 Å². The Balaban J connectivity index is 2.13. The highest BCUT2D eigenvalue weighted by Crippen LogP contribution is 2.28. The van der Waals surface area contributed by atoms with Gasteiger partial charge in [-0.05, 0) is 43.0 Å². The molecule has 3 aromatic rings. The number of nitrogens with zero attached hydrogens (tertiary/aromatic N) is 3. The third-order valence-electron chi connectivity index (χ3n) is 4.41. The Labute approximate surface area is 163 Å². The predicted molar refractivity (Wildman–Crippen MR) is 114 cm³/mol. The molecule has 0 bridgehead atoms. The zero-order chi connectivity index (χ0) is 20.3. The minimum Gasteiger partial charge on any atom is -0.405 e. The quantitative estimate of drug-likeness (QED) is 0.469. The summed E-state index contributed by atoms with van der Waals surface area (Å²) in [5.74, 6) is -0.138. The van der Waals surface area contributed by atoms with Crippen LogP contribution < -0.4 is 11.5 Å². The molecule has 28 heavy (non-hydrogen) atoms. The van der Waals surface area contributed by atoms with Crippen LogP contribution in [0.1, 0.15) is 22.8 Å². The van der Waals surface area contributed by atoms with Crippen LogP contribution in [0.4, 0.5) is 5.69 Å². The number of carbonyl (C=O) groups excluding carboxylic acids is 1. The number of nitrogens with one attached hydrogen (secondary N) is 1. The van der Waals surface area contributed by atoms with E-state index < -0.39 is 0 Å². The van der Waals surface area contributed by atoms with Crippen molar-refractivity contribution >= 4 is 28.3 Å². The lowest BCUT2D eigenvalue weighted by Crippen LogP contribution is -2.22. The fourth-order valence-electron chi connectivity index (χ4n) is 3.02. The molecule has 5 N–H and O–H groups in total. The summed E-state index contributed by atoms with van der Waals surface area (Å²) in [6.45, 7) is 2.62. The number of hydrogen-bond acceptors (Lipinski definition) is 5. The van der Waals surface area contributed by atoms with Crippen molar-refractivity contribution in [3.63, 3.8) is 0 Å². The first-order valence-corrected chi connectivity index (χ1v) is 8.98. The second-order valence-electron chi connectivity index (χ2n) is 6.54. The third kappa shape index (κ3) is 3.59. The van der Waals surface area contributed by atoms with E-state index in [0.717, 1.165) is 33.4 Å². The molecule has 1 aromatic carbocycles. The van der Waals surface area contributed by atoms with Crippen molar-refractivity contribution in [2.45, 2.75) is 6.92 Å². The van der Waals surface area contributed by atoms with Crippen LogP contribution in [0.5, 0.6) is 0 Å². The molecule has 7 heteroatoms. The molecule has 0 spiro atoms. The maximum Gasteiger partial charge on any atom is 0.255 e. The van der Waals surface area contributed by atoms with Gasteiger partial charge in [0.1, 0.15) is 5.65 Å². The molecule has 2 aromatic heterocycles. The van der Waals surface area contributed by atoms with Crippen molar-refractivity contribution in [3.8, 4) is 11.1 Å². The van der Waals surface area contributed by atoms with E-state index in [9.17, 15) is 4.79 Å². The lowest BCUT2D eigenvalue weighted by atomic mass is 10.0. The summed E-state index contributed by atoms with van der Waals surface area (Å²) in [5.41, 5.74) is 16.7. The summed E-state index contributed by atoms with van der Waals surface area (Å²) in [6.07, 6.45) is 6.90. The molecule has 0 aliphatic heterocycles. The number of amides is 1. The zero-order valence-corrected chi connectivity index (χ0v) is 16.2. The van der Waals surface area contributed by atoms with Crippen LogP contribution in [0.25, 0.3) is 22.2 Å². The standard InChI is InChI=1S/C21H24N6O/c1-4-24-19(7-8-22)17-12-26-20-15(17)10-14(11-25-20)13-5-6-18(23)16(9-13)21(28)27(2)3/h5-12H,4,22-23H2,1-3H3,(H,25,26)/b8-7-,24-19?. The monoisotopic (exact) mass is 376 g/mol. The van der Waals surface area contributed by atoms with Crippen molar-refractivity contribution < 1.29 is 4.79 Å². The van der Waals surface area contributed by atoms with Gasteiger partial charge in [-0.15, -0.1) is 0 Å². The lowest BCUT2D eigenvalue weighted by Gasteiger charge is -2.13. The van der Waals surface area contributed by atoms with E-state index in [-0.39, 0.29) is 5.91 Å². The van der Waals surface area contributed by atoms with Gasteiger partial charge in [0.05, 0.1) is 11.3 Å². The highest BCUT2D eigenvalue weighted by Gasteiger charge is 2.15. The zero-order valence-electron chi connectivity index (χ0n) is 16.2. The van der Waals surface area contributed by atoms with Gasteiger partial charge in [-0.3, -0.25) is 9.79 Å². The van der Waals surface area contributed by atoms with E-state index in [2.05, 4.69) is 15.0 Å². The number of carbonyl (C=O) groups is 1. The number of H-pyrrole nitrogens is 1. The third-order valence-corrected chi connectivity index (χ3v) is 4.41. The minimum absolute atomic E-state index is 0.138. The molecule has 1 amide bonds. The van der Waals surface area contributed by atoms with Crippen LogP contribution in [0.2, 0.25) is 0 Å². The predicted octanol–water partition coefficient (Wildman–Crippen LogP) is 2.80. The van der Waals surface area contributed by atoms with E-state index in [4.69, 9.17) is 11.5 Å². The summed E-state index contributed by atoms with van der Waals surface area (Å²) in [6, 6.07) is 7.46.